The number of benzene rings is 3. The van der Waals surface area contributed by atoms with Gasteiger partial charge in [0.2, 0.25) is 0 Å². The maximum atomic E-state index is 13.8. The number of anilines is 1. The van der Waals surface area contributed by atoms with Gasteiger partial charge >= 0.3 is 12.1 Å². The Morgan fingerprint density at radius 1 is 0.976 bits per heavy atom. The molecule has 2 aliphatic rings. The molecule has 1 aliphatic carbocycles. The van der Waals surface area contributed by atoms with Crippen molar-refractivity contribution in [3.63, 3.8) is 0 Å². The van der Waals surface area contributed by atoms with E-state index >= 15 is 0 Å². The van der Waals surface area contributed by atoms with E-state index in [1.165, 1.54) is 4.90 Å². The summed E-state index contributed by atoms with van der Waals surface area (Å²) >= 11 is 0. The minimum absolute atomic E-state index is 0.109. The summed E-state index contributed by atoms with van der Waals surface area (Å²) in [4.78, 5) is 41.0. The molecular weight excluding hydrogens is 520 g/mol. The third kappa shape index (κ3) is 6.11. The number of methoxy groups -OCH3 is 1. The Morgan fingerprint density at radius 2 is 1.63 bits per heavy atom. The minimum Gasteiger partial charge on any atom is -0.497 e. The van der Waals surface area contributed by atoms with Gasteiger partial charge in [0.1, 0.15) is 30.5 Å². The molecule has 0 unspecified atom stereocenters. The van der Waals surface area contributed by atoms with Crippen molar-refractivity contribution >= 4 is 23.7 Å². The van der Waals surface area contributed by atoms with Crippen LogP contribution in [0.2, 0.25) is 0 Å². The summed E-state index contributed by atoms with van der Waals surface area (Å²) in [7, 11) is 1.57. The number of ether oxygens (including phenoxy) is 3. The summed E-state index contributed by atoms with van der Waals surface area (Å²) < 4.78 is 16.5. The molecule has 3 aromatic carbocycles. The number of allylic oxidation sites excluding steroid dienone is 1. The van der Waals surface area contributed by atoms with Crippen molar-refractivity contribution in [1.29, 1.82) is 0 Å². The molecule has 0 spiro atoms. The zero-order valence-electron chi connectivity index (χ0n) is 23.7. The Labute approximate surface area is 239 Å². The van der Waals surface area contributed by atoms with Crippen molar-refractivity contribution in [2.45, 2.75) is 44.8 Å². The molecule has 0 fully saturated rings. The topological polar surface area (TPSA) is 94.2 Å². The van der Waals surface area contributed by atoms with E-state index in [0.717, 1.165) is 27.8 Å². The number of carbonyl (C=O) groups is 3. The van der Waals surface area contributed by atoms with E-state index in [2.05, 4.69) is 17.4 Å². The van der Waals surface area contributed by atoms with Gasteiger partial charge in [-0.2, -0.15) is 0 Å². The Balaban J connectivity index is 1.34. The number of nitrogens with zero attached hydrogens (tertiary/aromatic N) is 1. The van der Waals surface area contributed by atoms with E-state index in [1.54, 1.807) is 46.1 Å². The normalized spacial score (nSPS) is 16.9. The fourth-order valence-corrected chi connectivity index (χ4v) is 5.36. The molecule has 8 heteroatoms. The van der Waals surface area contributed by atoms with Crippen LogP contribution in [0.25, 0.3) is 11.1 Å². The molecule has 0 saturated carbocycles. The van der Waals surface area contributed by atoms with E-state index in [-0.39, 0.29) is 19.1 Å². The second-order valence-corrected chi connectivity index (χ2v) is 11.1. The number of esters is 1. The first kappa shape index (κ1) is 28.0. The zero-order chi connectivity index (χ0) is 29.1. The van der Waals surface area contributed by atoms with E-state index in [4.69, 9.17) is 14.2 Å². The van der Waals surface area contributed by atoms with Gasteiger partial charge in [0, 0.05) is 11.6 Å². The first-order valence-electron chi connectivity index (χ1n) is 13.6. The molecular formula is C33H34N2O6. The molecule has 212 valence electrons. The predicted molar refractivity (Wildman–Crippen MR) is 156 cm³/mol. The van der Waals surface area contributed by atoms with Gasteiger partial charge in [-0.25, -0.2) is 4.79 Å². The largest absolute Gasteiger partial charge is 0.497 e. The predicted octanol–water partition coefficient (Wildman–Crippen LogP) is 5.39. The van der Waals surface area contributed by atoms with Gasteiger partial charge in [0.15, 0.2) is 0 Å². The maximum Gasteiger partial charge on any atom is 0.408 e. The molecule has 8 nitrogen and oxygen atoms in total. The van der Waals surface area contributed by atoms with Crippen LogP contribution >= 0.6 is 0 Å². The summed E-state index contributed by atoms with van der Waals surface area (Å²) in [5, 5.41) is 2.70. The molecule has 5 rings (SSSR count). The monoisotopic (exact) mass is 554 g/mol. The summed E-state index contributed by atoms with van der Waals surface area (Å²) in [6.07, 6.45) is 3.18. The van der Waals surface area contributed by atoms with Crippen LogP contribution in [0.15, 0.2) is 78.9 Å². The zero-order valence-corrected chi connectivity index (χ0v) is 23.7. The summed E-state index contributed by atoms with van der Waals surface area (Å²) in [6, 6.07) is 20.4. The Bertz CT molecular complexity index is 1460. The quantitative estimate of drug-likeness (QED) is 0.324. The fraction of sp³-hybridized carbons (Fsp3) is 0.303. The summed E-state index contributed by atoms with van der Waals surface area (Å²) in [5.41, 5.74) is 5.08. The highest BCUT2D eigenvalue weighted by Crippen LogP contribution is 2.44. The molecule has 1 N–H and O–H groups in total. The third-order valence-corrected chi connectivity index (χ3v) is 7.10. The van der Waals surface area contributed by atoms with Crippen LogP contribution < -0.4 is 15.0 Å². The van der Waals surface area contributed by atoms with Crippen molar-refractivity contribution in [3.8, 4) is 16.9 Å². The molecule has 0 aromatic heterocycles. The van der Waals surface area contributed by atoms with Gasteiger partial charge in [0.05, 0.1) is 7.11 Å². The van der Waals surface area contributed by atoms with Gasteiger partial charge in [-0.15, -0.1) is 0 Å². The summed E-state index contributed by atoms with van der Waals surface area (Å²) in [5.74, 6) is -0.512. The van der Waals surface area contributed by atoms with Crippen molar-refractivity contribution < 1.29 is 28.6 Å². The van der Waals surface area contributed by atoms with Gasteiger partial charge in [0.25, 0.3) is 5.91 Å². The van der Waals surface area contributed by atoms with Gasteiger partial charge in [-0.1, -0.05) is 60.7 Å². The van der Waals surface area contributed by atoms with Crippen LogP contribution in [0.5, 0.6) is 5.75 Å². The number of fused-ring (bicyclic) bond motifs is 4. The second-order valence-electron chi connectivity index (χ2n) is 11.1. The smallest absolute Gasteiger partial charge is 0.408 e. The van der Waals surface area contributed by atoms with Crippen LogP contribution in [-0.4, -0.2) is 49.9 Å². The van der Waals surface area contributed by atoms with E-state index in [1.807, 2.05) is 48.5 Å². The first-order chi connectivity index (χ1) is 19.6. The van der Waals surface area contributed by atoms with Crippen molar-refractivity contribution in [1.82, 2.24) is 5.32 Å². The van der Waals surface area contributed by atoms with Gasteiger partial charge in [-0.3, -0.25) is 14.5 Å². The van der Waals surface area contributed by atoms with Crippen molar-refractivity contribution in [2.24, 2.45) is 0 Å². The van der Waals surface area contributed by atoms with E-state index < -0.39 is 29.6 Å². The molecule has 41 heavy (non-hydrogen) atoms. The van der Waals surface area contributed by atoms with Crippen LogP contribution in [-0.2, 0) is 25.5 Å². The lowest BCUT2D eigenvalue weighted by molar-refractivity contribution is -0.153. The molecule has 2 amide bonds. The number of rotatable bonds is 6. The molecule has 0 radical (unpaired) electrons. The molecule has 1 atom stereocenters. The van der Waals surface area contributed by atoms with Crippen LogP contribution in [0, 0.1) is 0 Å². The lowest BCUT2D eigenvalue weighted by atomic mass is 9.98. The Morgan fingerprint density at radius 3 is 2.27 bits per heavy atom. The number of hydrogen-bond acceptors (Lipinski definition) is 6. The number of amides is 2. The standard InChI is InChI=1S/C33H34N2O6/c1-33(2,3)41-30(36)19-35-29-17-16-22(39-4)18-21(29)10-9-15-28(31(35)37)34-32(38)40-20-27-25-13-7-5-11-23(25)24-12-6-8-14-26(24)27/h5-9,11-18,27-28H,10,19-20H2,1-4H3,(H,34,38)/b15-9-/t28-/m0/s1. The second kappa shape index (κ2) is 11.5. The van der Waals surface area contributed by atoms with Crippen molar-refractivity contribution in [3.05, 3.63) is 95.6 Å². The lowest BCUT2D eigenvalue weighted by Crippen LogP contribution is -2.50. The third-order valence-electron chi connectivity index (χ3n) is 7.10. The highest BCUT2D eigenvalue weighted by Gasteiger charge is 2.33. The highest BCUT2D eigenvalue weighted by molar-refractivity contribution is 6.03. The molecule has 0 bridgehead atoms. The van der Waals surface area contributed by atoms with Crippen LogP contribution in [0.1, 0.15) is 43.4 Å². The van der Waals surface area contributed by atoms with E-state index in [9.17, 15) is 14.4 Å². The van der Waals surface area contributed by atoms with Gasteiger partial charge in [-0.05, 0) is 73.2 Å². The lowest BCUT2D eigenvalue weighted by Gasteiger charge is -2.30. The number of carbonyl (C=O) groups excluding carboxylic acids is 3. The minimum atomic E-state index is -1.04. The fourth-order valence-electron chi connectivity index (χ4n) is 5.36. The average molecular weight is 555 g/mol. The van der Waals surface area contributed by atoms with Crippen LogP contribution in [0.3, 0.4) is 0 Å². The maximum absolute atomic E-state index is 13.8. The Hall–Kier alpha value is -4.59. The van der Waals surface area contributed by atoms with Crippen LogP contribution in [0.4, 0.5) is 10.5 Å². The highest BCUT2D eigenvalue weighted by atomic mass is 16.6. The SMILES string of the molecule is COc1ccc2c(c1)C/C=C\[C@H](NC(=O)OCC1c3ccccc3-c3ccccc31)C(=O)N2CC(=O)OC(C)(C)C. The van der Waals surface area contributed by atoms with E-state index in [0.29, 0.717) is 17.9 Å². The van der Waals surface area contributed by atoms with Gasteiger partial charge < -0.3 is 19.5 Å². The average Bonchev–Trinajstić information content (AvgIpc) is 3.26. The molecule has 0 saturated heterocycles. The summed E-state index contributed by atoms with van der Waals surface area (Å²) in [6.45, 7) is 5.11. The number of hydrogen-bond donors (Lipinski definition) is 1. The Kier molecular flexibility index (Phi) is 7.83. The first-order valence-corrected chi connectivity index (χ1v) is 13.6. The number of alkyl carbamates (subject to hydrolysis) is 1. The molecule has 1 heterocycles. The van der Waals surface area contributed by atoms with Crippen molar-refractivity contribution in [2.75, 3.05) is 25.2 Å². The molecule has 1 aliphatic heterocycles. The number of nitrogens with one attached hydrogen (secondary N) is 1. The molecule has 3 aromatic rings.